The van der Waals surface area contributed by atoms with Gasteiger partial charge in [-0.25, -0.2) is 4.79 Å². The second-order valence-corrected chi connectivity index (χ2v) is 5.49. The van der Waals surface area contributed by atoms with E-state index in [0.717, 1.165) is 17.1 Å². The fraction of sp³-hybridized carbons (Fsp3) is 0.167. The van der Waals surface area contributed by atoms with Gasteiger partial charge in [-0.2, -0.15) is 0 Å². The van der Waals surface area contributed by atoms with Gasteiger partial charge < -0.3 is 5.11 Å². The summed E-state index contributed by atoms with van der Waals surface area (Å²) < 4.78 is 0. The predicted molar refractivity (Wildman–Crippen MR) is 69.9 cm³/mol. The third-order valence-electron chi connectivity index (χ3n) is 2.20. The van der Waals surface area contributed by atoms with Gasteiger partial charge in [0.2, 0.25) is 0 Å². The number of carboxylic acid groups (broad SMARTS) is 1. The maximum Gasteiger partial charge on any atom is 0.345 e. The molecular weight excluding hydrogens is 254 g/mol. The zero-order valence-corrected chi connectivity index (χ0v) is 10.6. The van der Waals surface area contributed by atoms with Gasteiger partial charge in [0.05, 0.1) is 0 Å². The molecule has 0 amide bonds. The molecule has 0 fully saturated rings. The first-order chi connectivity index (χ1) is 8.25. The molecule has 0 unspecified atom stereocenters. The molecule has 0 spiro atoms. The van der Waals surface area contributed by atoms with Crippen LogP contribution in [0.15, 0.2) is 40.9 Å². The van der Waals surface area contributed by atoms with Crippen LogP contribution in [0.5, 0.6) is 0 Å². The molecule has 17 heavy (non-hydrogen) atoms. The van der Waals surface area contributed by atoms with E-state index in [9.17, 15) is 4.79 Å². The molecule has 3 nitrogen and oxygen atoms in total. The quantitative estimate of drug-likeness (QED) is 0.844. The highest BCUT2D eigenvalue weighted by atomic mass is 32.2. The van der Waals surface area contributed by atoms with Gasteiger partial charge in [-0.3, -0.25) is 4.98 Å². The molecule has 2 heterocycles. The normalized spacial score (nSPS) is 10.4. The summed E-state index contributed by atoms with van der Waals surface area (Å²) in [4.78, 5) is 16.1. The molecular formula is C12H11NO2S2. The smallest absolute Gasteiger partial charge is 0.345 e. The van der Waals surface area contributed by atoms with Crippen LogP contribution in [0.1, 0.15) is 15.2 Å². The lowest BCUT2D eigenvalue weighted by Crippen LogP contribution is -1.90. The first-order valence-electron chi connectivity index (χ1n) is 5.09. The zero-order valence-electron chi connectivity index (χ0n) is 9.00. The molecule has 2 aromatic heterocycles. The number of thiophene rings is 1. The highest BCUT2D eigenvalue weighted by molar-refractivity contribution is 7.99. The fourth-order valence-corrected chi connectivity index (χ4v) is 3.22. The van der Waals surface area contributed by atoms with Gasteiger partial charge in [0.15, 0.2) is 0 Å². The number of thioether (sulfide) groups is 1. The molecule has 0 aromatic carbocycles. The summed E-state index contributed by atoms with van der Waals surface area (Å²) in [5, 5.41) is 10.7. The average Bonchev–Trinajstić information content (AvgIpc) is 2.79. The number of aromatic carboxylic acids is 1. The maximum absolute atomic E-state index is 10.7. The lowest BCUT2D eigenvalue weighted by atomic mass is 10.2. The third kappa shape index (κ3) is 3.57. The number of pyridine rings is 1. The minimum atomic E-state index is -0.851. The first kappa shape index (κ1) is 12.1. The second kappa shape index (κ2) is 5.84. The van der Waals surface area contributed by atoms with Crippen LogP contribution in [0.3, 0.4) is 0 Å². The van der Waals surface area contributed by atoms with Crippen molar-refractivity contribution in [2.45, 2.75) is 11.3 Å². The van der Waals surface area contributed by atoms with Crippen LogP contribution in [-0.2, 0) is 6.42 Å². The van der Waals surface area contributed by atoms with Crippen LogP contribution in [-0.4, -0.2) is 21.8 Å². The van der Waals surface area contributed by atoms with Crippen molar-refractivity contribution < 1.29 is 9.90 Å². The number of aryl methyl sites for hydroxylation is 1. The van der Waals surface area contributed by atoms with Gasteiger partial charge in [0.25, 0.3) is 0 Å². The zero-order chi connectivity index (χ0) is 12.1. The minimum absolute atomic E-state index is 0.399. The van der Waals surface area contributed by atoms with E-state index in [4.69, 9.17) is 5.11 Å². The van der Waals surface area contributed by atoms with Crippen molar-refractivity contribution in [3.05, 3.63) is 46.4 Å². The van der Waals surface area contributed by atoms with Crippen molar-refractivity contribution in [1.82, 2.24) is 4.98 Å². The number of nitrogens with zero attached hydrogens (tertiary/aromatic N) is 1. The van der Waals surface area contributed by atoms with Gasteiger partial charge in [0.1, 0.15) is 4.88 Å². The largest absolute Gasteiger partial charge is 0.477 e. The molecule has 1 N–H and O–H groups in total. The van der Waals surface area contributed by atoms with Gasteiger partial charge in [-0.15, -0.1) is 23.1 Å². The summed E-state index contributed by atoms with van der Waals surface area (Å²) in [5.74, 6) is 0.0933. The Labute approximate surface area is 108 Å². The Morgan fingerprint density at radius 3 is 2.82 bits per heavy atom. The van der Waals surface area contributed by atoms with Crippen LogP contribution in [0.4, 0.5) is 0 Å². The van der Waals surface area contributed by atoms with Crippen LogP contribution in [0.2, 0.25) is 0 Å². The number of rotatable bonds is 5. The molecule has 0 saturated heterocycles. The van der Waals surface area contributed by atoms with Gasteiger partial charge in [-0.1, -0.05) is 0 Å². The first-order valence-corrected chi connectivity index (χ1v) is 6.96. The van der Waals surface area contributed by atoms with Gasteiger partial charge in [0, 0.05) is 28.4 Å². The standard InChI is InChI=1S/C12H11NO2S2/c14-12(15)11-7-10(8-17-11)16-6-3-9-1-4-13-5-2-9/h1-2,4-5,7-8H,3,6H2,(H,14,15). The molecule has 2 aromatic rings. The van der Waals surface area contributed by atoms with Crippen LogP contribution < -0.4 is 0 Å². The Morgan fingerprint density at radius 1 is 1.41 bits per heavy atom. The molecule has 88 valence electrons. The molecule has 0 bridgehead atoms. The van der Waals surface area contributed by atoms with Crippen molar-refractivity contribution in [1.29, 1.82) is 0 Å². The third-order valence-corrected chi connectivity index (χ3v) is 4.24. The maximum atomic E-state index is 10.7. The number of hydrogen-bond donors (Lipinski definition) is 1. The molecule has 0 aliphatic heterocycles. The van der Waals surface area contributed by atoms with Gasteiger partial charge >= 0.3 is 5.97 Å². The van der Waals surface area contributed by atoms with Crippen molar-refractivity contribution in [2.24, 2.45) is 0 Å². The SMILES string of the molecule is O=C(O)c1cc(SCCc2ccncc2)cs1. The summed E-state index contributed by atoms with van der Waals surface area (Å²) in [6.07, 6.45) is 4.53. The molecule has 0 aliphatic carbocycles. The molecule has 0 saturated carbocycles. The highest BCUT2D eigenvalue weighted by Crippen LogP contribution is 2.25. The molecule has 5 heteroatoms. The Morgan fingerprint density at radius 2 is 2.18 bits per heavy atom. The number of aromatic nitrogens is 1. The van der Waals surface area contributed by atoms with E-state index in [0.29, 0.717) is 4.88 Å². The number of hydrogen-bond acceptors (Lipinski definition) is 4. The Balaban J connectivity index is 1.84. The monoisotopic (exact) mass is 265 g/mol. The summed E-state index contributed by atoms with van der Waals surface area (Å²) in [7, 11) is 0. The Hall–Kier alpha value is -1.33. The highest BCUT2D eigenvalue weighted by Gasteiger charge is 2.06. The topological polar surface area (TPSA) is 50.2 Å². The van der Waals surface area contributed by atoms with E-state index in [1.165, 1.54) is 16.9 Å². The molecule has 0 radical (unpaired) electrons. The van der Waals surface area contributed by atoms with Crippen LogP contribution in [0.25, 0.3) is 0 Å². The van der Waals surface area contributed by atoms with Gasteiger partial charge in [-0.05, 0) is 30.2 Å². The van der Waals surface area contributed by atoms with E-state index in [2.05, 4.69) is 4.98 Å². The lowest BCUT2D eigenvalue weighted by Gasteiger charge is -1.99. The summed E-state index contributed by atoms with van der Waals surface area (Å²) in [6, 6.07) is 5.72. The van der Waals surface area contributed by atoms with E-state index in [1.807, 2.05) is 17.5 Å². The van der Waals surface area contributed by atoms with Crippen molar-refractivity contribution in [3.8, 4) is 0 Å². The second-order valence-electron chi connectivity index (χ2n) is 3.41. The average molecular weight is 265 g/mol. The molecule has 0 aliphatic rings. The Kier molecular flexibility index (Phi) is 4.17. The fourth-order valence-electron chi connectivity index (χ4n) is 1.34. The lowest BCUT2D eigenvalue weighted by molar-refractivity contribution is 0.0702. The minimum Gasteiger partial charge on any atom is -0.477 e. The van der Waals surface area contributed by atoms with E-state index in [-0.39, 0.29) is 0 Å². The number of carboxylic acids is 1. The van der Waals surface area contributed by atoms with Crippen molar-refractivity contribution in [3.63, 3.8) is 0 Å². The molecule has 0 atom stereocenters. The number of carbonyl (C=O) groups is 1. The summed E-state index contributed by atoms with van der Waals surface area (Å²) in [6.45, 7) is 0. The van der Waals surface area contributed by atoms with E-state index >= 15 is 0 Å². The van der Waals surface area contributed by atoms with Crippen molar-refractivity contribution in [2.75, 3.05) is 5.75 Å². The Bertz CT molecular complexity index is 496. The summed E-state index contributed by atoms with van der Waals surface area (Å²) in [5.41, 5.74) is 1.25. The van der Waals surface area contributed by atoms with E-state index in [1.54, 1.807) is 30.2 Å². The van der Waals surface area contributed by atoms with Crippen molar-refractivity contribution >= 4 is 29.1 Å². The van der Waals surface area contributed by atoms with Crippen LogP contribution in [0, 0.1) is 0 Å². The van der Waals surface area contributed by atoms with E-state index < -0.39 is 5.97 Å². The molecule has 2 rings (SSSR count). The van der Waals surface area contributed by atoms with Crippen LogP contribution >= 0.6 is 23.1 Å². The summed E-state index contributed by atoms with van der Waals surface area (Å²) >= 11 is 2.95. The predicted octanol–water partition coefficient (Wildman–Crippen LogP) is 3.18.